The lowest BCUT2D eigenvalue weighted by molar-refractivity contribution is -0.137. The Hall–Kier alpha value is -1.16. The van der Waals surface area contributed by atoms with Crippen LogP contribution in [0.4, 0.5) is 13.2 Å². The minimum absolute atomic E-state index is 0.118. The third-order valence-electron chi connectivity index (χ3n) is 5.37. The molecule has 0 amide bonds. The van der Waals surface area contributed by atoms with Gasteiger partial charge in [0, 0.05) is 19.7 Å². The molecule has 0 aliphatic heterocycles. The van der Waals surface area contributed by atoms with Gasteiger partial charge in [0.05, 0.1) is 16.6 Å². The van der Waals surface area contributed by atoms with Crippen LogP contribution in [0.25, 0.3) is 0 Å². The fourth-order valence-corrected chi connectivity index (χ4v) is 4.95. The van der Waals surface area contributed by atoms with E-state index < -0.39 is 21.8 Å². The number of halogens is 3. The van der Waals surface area contributed by atoms with E-state index in [1.165, 1.54) is 11.4 Å². The Morgan fingerprint density at radius 1 is 1.10 bits per heavy atom. The van der Waals surface area contributed by atoms with Crippen molar-refractivity contribution < 1.29 is 26.3 Å². The molecule has 0 unspecified atom stereocenters. The molecule has 1 aromatic rings. The first-order valence-corrected chi connectivity index (χ1v) is 11.6. The number of hydrogen-bond acceptors (Lipinski definition) is 4. The van der Waals surface area contributed by atoms with E-state index in [1.54, 1.807) is 0 Å². The molecule has 1 N–H and O–H groups in total. The summed E-state index contributed by atoms with van der Waals surface area (Å²) in [7, 11) is -2.33. The summed E-state index contributed by atoms with van der Waals surface area (Å²) in [6.45, 7) is 4.73. The second-order valence-corrected chi connectivity index (χ2v) is 9.40. The highest BCUT2D eigenvalue weighted by Gasteiger charge is 2.33. The summed E-state index contributed by atoms with van der Waals surface area (Å²) in [5.41, 5.74) is -0.859. The van der Waals surface area contributed by atoms with Crippen molar-refractivity contribution in [3.8, 4) is 0 Å². The Labute approximate surface area is 171 Å². The minimum Gasteiger partial charge on any atom is -0.378 e. The average Bonchev–Trinajstić information content (AvgIpc) is 2.70. The highest BCUT2D eigenvalue weighted by molar-refractivity contribution is 7.89. The zero-order valence-electron chi connectivity index (χ0n) is 17.0. The average molecular weight is 437 g/mol. The van der Waals surface area contributed by atoms with Crippen LogP contribution in [0.1, 0.15) is 51.0 Å². The predicted octanol–water partition coefficient (Wildman–Crippen LogP) is 4.04. The van der Waals surface area contributed by atoms with Crippen molar-refractivity contribution in [3.05, 3.63) is 29.8 Å². The number of nitrogens with zero attached hydrogens (tertiary/aromatic N) is 1. The summed E-state index contributed by atoms with van der Waals surface area (Å²) in [6.07, 6.45) is 0.644. The van der Waals surface area contributed by atoms with Crippen molar-refractivity contribution in [2.75, 3.05) is 26.7 Å². The SMILES string of the molecule is CCNCCCCO[C@H]1CC[C@H](N(C)S(=O)(=O)c2ccc(C(F)(F)F)cc2)CC1. The van der Waals surface area contributed by atoms with Crippen molar-refractivity contribution >= 4 is 10.0 Å². The van der Waals surface area contributed by atoms with Crippen LogP contribution < -0.4 is 5.32 Å². The van der Waals surface area contributed by atoms with Crippen LogP contribution in [0, 0.1) is 0 Å². The van der Waals surface area contributed by atoms with Crippen LogP contribution in [-0.4, -0.2) is 51.6 Å². The normalized spacial score (nSPS) is 20.9. The quantitative estimate of drug-likeness (QED) is 0.563. The Kier molecular flexibility index (Phi) is 8.93. The second kappa shape index (κ2) is 10.7. The first-order valence-electron chi connectivity index (χ1n) is 10.1. The van der Waals surface area contributed by atoms with Gasteiger partial charge in [-0.15, -0.1) is 0 Å². The molecule has 1 aliphatic carbocycles. The van der Waals surface area contributed by atoms with Gasteiger partial charge in [-0.25, -0.2) is 8.42 Å². The zero-order chi connectivity index (χ0) is 21.5. The number of unbranched alkanes of at least 4 members (excludes halogenated alkanes) is 1. The van der Waals surface area contributed by atoms with Gasteiger partial charge in [0.25, 0.3) is 0 Å². The van der Waals surface area contributed by atoms with Gasteiger partial charge >= 0.3 is 6.18 Å². The number of alkyl halides is 3. The Balaban J connectivity index is 1.84. The van der Waals surface area contributed by atoms with Gasteiger partial charge in [0.2, 0.25) is 10.0 Å². The number of hydrogen-bond donors (Lipinski definition) is 1. The molecule has 1 aromatic carbocycles. The van der Waals surface area contributed by atoms with Crippen LogP contribution in [-0.2, 0) is 20.9 Å². The number of nitrogens with one attached hydrogen (secondary N) is 1. The summed E-state index contributed by atoms with van der Waals surface area (Å²) < 4.78 is 70.8. The van der Waals surface area contributed by atoms with Crippen LogP contribution in [0.2, 0.25) is 0 Å². The van der Waals surface area contributed by atoms with Crippen LogP contribution in [0.5, 0.6) is 0 Å². The van der Waals surface area contributed by atoms with Gasteiger partial charge in [0.15, 0.2) is 0 Å². The van der Waals surface area contributed by atoms with E-state index >= 15 is 0 Å². The minimum atomic E-state index is -4.49. The molecule has 0 bridgehead atoms. The van der Waals surface area contributed by atoms with E-state index in [1.807, 2.05) is 0 Å². The maximum atomic E-state index is 12.8. The third-order valence-corrected chi connectivity index (χ3v) is 7.29. The maximum Gasteiger partial charge on any atom is 0.416 e. The molecule has 5 nitrogen and oxygen atoms in total. The molecule has 0 heterocycles. The molecular formula is C20H31F3N2O3S. The molecule has 0 aromatic heterocycles. The summed E-state index contributed by atoms with van der Waals surface area (Å²) in [5, 5.41) is 3.27. The van der Waals surface area contributed by atoms with Gasteiger partial charge < -0.3 is 10.1 Å². The second-order valence-electron chi connectivity index (χ2n) is 7.41. The van der Waals surface area contributed by atoms with Crippen molar-refractivity contribution in [2.45, 2.75) is 68.7 Å². The molecule has 1 saturated carbocycles. The monoisotopic (exact) mass is 436 g/mol. The summed E-state index contributed by atoms with van der Waals surface area (Å²) in [5.74, 6) is 0. The molecule has 2 rings (SSSR count). The molecular weight excluding hydrogens is 405 g/mol. The van der Waals surface area contributed by atoms with Crippen LogP contribution in [0.15, 0.2) is 29.2 Å². The molecule has 0 spiro atoms. The number of rotatable bonds is 10. The van der Waals surface area contributed by atoms with E-state index in [-0.39, 0.29) is 17.0 Å². The fourth-order valence-electron chi connectivity index (χ4n) is 3.53. The third kappa shape index (κ3) is 6.94. The van der Waals surface area contributed by atoms with Crippen molar-refractivity contribution in [1.82, 2.24) is 9.62 Å². The molecule has 0 radical (unpaired) electrons. The molecule has 0 atom stereocenters. The van der Waals surface area contributed by atoms with Crippen molar-refractivity contribution in [2.24, 2.45) is 0 Å². The maximum absolute atomic E-state index is 12.8. The van der Waals surface area contributed by atoms with Crippen molar-refractivity contribution in [1.29, 1.82) is 0 Å². The first kappa shape index (κ1) is 24.1. The fraction of sp³-hybridized carbons (Fsp3) is 0.700. The van der Waals surface area contributed by atoms with Crippen molar-refractivity contribution in [3.63, 3.8) is 0 Å². The van der Waals surface area contributed by atoms with E-state index in [9.17, 15) is 21.6 Å². The summed E-state index contributed by atoms with van der Waals surface area (Å²) in [4.78, 5) is -0.118. The van der Waals surface area contributed by atoms with Gasteiger partial charge in [-0.1, -0.05) is 6.92 Å². The van der Waals surface area contributed by atoms with E-state index in [4.69, 9.17) is 4.74 Å². The van der Waals surface area contributed by atoms with Crippen LogP contribution >= 0.6 is 0 Å². The highest BCUT2D eigenvalue weighted by Crippen LogP contribution is 2.32. The van der Waals surface area contributed by atoms with E-state index in [0.29, 0.717) is 19.4 Å². The largest absolute Gasteiger partial charge is 0.416 e. The standard InChI is InChI=1S/C20H31F3N2O3S/c1-3-24-14-4-5-15-28-18-10-8-17(9-11-18)25(2)29(26,27)19-12-6-16(7-13-19)20(21,22)23/h6-7,12-13,17-18,24H,3-5,8-11,14-15H2,1-2H3/t17-,18-. The lowest BCUT2D eigenvalue weighted by Crippen LogP contribution is -2.40. The molecule has 0 saturated heterocycles. The van der Waals surface area contributed by atoms with Crippen LogP contribution in [0.3, 0.4) is 0 Å². The smallest absolute Gasteiger partial charge is 0.378 e. The lowest BCUT2D eigenvalue weighted by atomic mass is 9.93. The highest BCUT2D eigenvalue weighted by atomic mass is 32.2. The molecule has 9 heteroatoms. The summed E-state index contributed by atoms with van der Waals surface area (Å²) >= 11 is 0. The predicted molar refractivity (Wildman–Crippen MR) is 106 cm³/mol. The molecule has 166 valence electrons. The van der Waals surface area contributed by atoms with E-state index in [0.717, 1.165) is 63.0 Å². The van der Waals surface area contributed by atoms with Gasteiger partial charge in [-0.05, 0) is 75.9 Å². The van der Waals surface area contributed by atoms with Gasteiger partial charge in [0.1, 0.15) is 0 Å². The Bertz CT molecular complexity index is 715. The Morgan fingerprint density at radius 3 is 2.28 bits per heavy atom. The topological polar surface area (TPSA) is 58.6 Å². The van der Waals surface area contributed by atoms with Gasteiger partial charge in [-0.2, -0.15) is 17.5 Å². The molecule has 29 heavy (non-hydrogen) atoms. The zero-order valence-corrected chi connectivity index (χ0v) is 17.9. The molecule has 1 aliphatic rings. The van der Waals surface area contributed by atoms with E-state index in [2.05, 4.69) is 12.2 Å². The number of sulfonamides is 1. The lowest BCUT2D eigenvalue weighted by Gasteiger charge is -2.34. The summed E-state index contributed by atoms with van der Waals surface area (Å²) in [6, 6.07) is 3.49. The number of ether oxygens (including phenoxy) is 1. The van der Waals surface area contributed by atoms with Gasteiger partial charge in [-0.3, -0.25) is 0 Å². The Morgan fingerprint density at radius 2 is 1.72 bits per heavy atom. The first-order chi connectivity index (χ1) is 13.7. The number of benzene rings is 1. The molecule has 1 fully saturated rings.